The molecule has 126 valence electrons. The zero-order valence-corrected chi connectivity index (χ0v) is 13.0. The summed E-state index contributed by atoms with van der Waals surface area (Å²) < 4.78 is 24.4. The smallest absolute Gasteiger partial charge is 0.240 e. The summed E-state index contributed by atoms with van der Waals surface area (Å²) in [6.07, 6.45) is 1.44. The fraction of sp³-hybridized carbons (Fsp3) is 0.800. The molecule has 3 fully saturated rings. The van der Waals surface area contributed by atoms with Crippen molar-refractivity contribution >= 4 is 5.91 Å². The Bertz CT molecular complexity index is 571. The Morgan fingerprint density at radius 1 is 1.30 bits per heavy atom. The summed E-state index contributed by atoms with van der Waals surface area (Å²) in [7, 11) is 0. The molecule has 7 nitrogen and oxygen atoms in total. The van der Waals surface area contributed by atoms with Crippen LogP contribution in [0.5, 0.6) is 0 Å². The van der Waals surface area contributed by atoms with E-state index in [4.69, 9.17) is 9.26 Å². The van der Waals surface area contributed by atoms with Gasteiger partial charge in [0.25, 0.3) is 0 Å². The van der Waals surface area contributed by atoms with Crippen LogP contribution in [0.1, 0.15) is 36.9 Å². The maximum atomic E-state index is 13.9. The van der Waals surface area contributed by atoms with Gasteiger partial charge < -0.3 is 14.2 Å². The Morgan fingerprint density at radius 2 is 2.09 bits per heavy atom. The van der Waals surface area contributed by atoms with Gasteiger partial charge in [-0.1, -0.05) is 5.16 Å². The van der Waals surface area contributed by atoms with Gasteiger partial charge in [0.05, 0.1) is 25.8 Å². The number of hydrogen-bond acceptors (Lipinski definition) is 6. The van der Waals surface area contributed by atoms with E-state index in [-0.39, 0.29) is 18.9 Å². The average Bonchev–Trinajstić information content (AvgIpc) is 3.21. The van der Waals surface area contributed by atoms with Crippen LogP contribution < -0.4 is 0 Å². The second-order valence-electron chi connectivity index (χ2n) is 6.54. The Kier molecular flexibility index (Phi) is 4.02. The number of ether oxygens (including phenoxy) is 1. The number of amides is 1. The summed E-state index contributed by atoms with van der Waals surface area (Å²) in [5.41, 5.74) is 0. The second-order valence-corrected chi connectivity index (χ2v) is 6.54. The standard InChI is InChI=1S/C15H21FN4O3/c16-11-7-12(15(21)19-3-5-22-6-4-19)20(8-11)9-13-17-14(23-18-13)10-1-2-10/h10-12H,1-9H2/t11-,12+/m1/s1. The minimum absolute atomic E-state index is 0.0145. The van der Waals surface area contributed by atoms with Crippen molar-refractivity contribution in [2.45, 2.75) is 43.9 Å². The maximum absolute atomic E-state index is 13.9. The third-order valence-electron chi connectivity index (χ3n) is 4.72. The molecule has 1 saturated carbocycles. The van der Waals surface area contributed by atoms with Gasteiger partial charge in [-0.05, 0) is 12.8 Å². The van der Waals surface area contributed by atoms with Gasteiger partial charge in [-0.15, -0.1) is 0 Å². The van der Waals surface area contributed by atoms with Gasteiger partial charge in [-0.25, -0.2) is 4.39 Å². The normalized spacial score (nSPS) is 29.2. The zero-order chi connectivity index (χ0) is 15.8. The monoisotopic (exact) mass is 324 g/mol. The molecule has 0 bridgehead atoms. The lowest BCUT2D eigenvalue weighted by Gasteiger charge is -2.31. The van der Waals surface area contributed by atoms with Crippen LogP contribution in [0.3, 0.4) is 0 Å². The summed E-state index contributed by atoms with van der Waals surface area (Å²) >= 11 is 0. The van der Waals surface area contributed by atoms with Gasteiger partial charge in [-0.3, -0.25) is 9.69 Å². The highest BCUT2D eigenvalue weighted by atomic mass is 19.1. The predicted octanol–water partition coefficient (Wildman–Crippen LogP) is 0.718. The number of carbonyl (C=O) groups is 1. The first-order valence-corrected chi connectivity index (χ1v) is 8.28. The van der Waals surface area contributed by atoms with E-state index in [2.05, 4.69) is 10.1 Å². The zero-order valence-electron chi connectivity index (χ0n) is 13.0. The van der Waals surface area contributed by atoms with Crippen LogP contribution in [-0.2, 0) is 16.1 Å². The third-order valence-corrected chi connectivity index (χ3v) is 4.72. The van der Waals surface area contributed by atoms with Crippen molar-refractivity contribution < 1.29 is 18.4 Å². The molecule has 2 atom stereocenters. The van der Waals surface area contributed by atoms with Crippen LogP contribution in [0.4, 0.5) is 4.39 Å². The van der Waals surface area contributed by atoms with Crippen molar-refractivity contribution in [1.29, 1.82) is 0 Å². The topological polar surface area (TPSA) is 71.7 Å². The number of likely N-dealkylation sites (tertiary alicyclic amines) is 1. The molecule has 1 aromatic rings. The second kappa shape index (κ2) is 6.16. The number of rotatable bonds is 4. The highest BCUT2D eigenvalue weighted by Gasteiger charge is 2.40. The number of carbonyl (C=O) groups excluding carboxylic acids is 1. The van der Waals surface area contributed by atoms with Crippen LogP contribution in [0.25, 0.3) is 0 Å². The molecule has 0 unspecified atom stereocenters. The summed E-state index contributed by atoms with van der Waals surface area (Å²) in [4.78, 5) is 20.7. The minimum Gasteiger partial charge on any atom is -0.378 e. The fourth-order valence-electron chi connectivity index (χ4n) is 3.28. The van der Waals surface area contributed by atoms with E-state index < -0.39 is 12.2 Å². The summed E-state index contributed by atoms with van der Waals surface area (Å²) in [5, 5.41) is 3.98. The van der Waals surface area contributed by atoms with Crippen LogP contribution in [0.15, 0.2) is 4.52 Å². The van der Waals surface area contributed by atoms with Crippen molar-refractivity contribution in [2.75, 3.05) is 32.8 Å². The maximum Gasteiger partial charge on any atom is 0.240 e. The Hall–Kier alpha value is -1.54. The van der Waals surface area contributed by atoms with Crippen LogP contribution in [0, 0.1) is 0 Å². The molecule has 4 rings (SSSR count). The Labute approximate surface area is 133 Å². The van der Waals surface area contributed by atoms with E-state index in [1.807, 2.05) is 4.90 Å². The number of nitrogens with zero attached hydrogens (tertiary/aromatic N) is 4. The lowest BCUT2D eigenvalue weighted by Crippen LogP contribution is -2.49. The summed E-state index contributed by atoms with van der Waals surface area (Å²) in [5.74, 6) is 1.60. The van der Waals surface area contributed by atoms with Gasteiger partial charge in [0.15, 0.2) is 5.82 Å². The van der Waals surface area contributed by atoms with Gasteiger partial charge in [0, 0.05) is 32.0 Å². The molecule has 0 radical (unpaired) electrons. The molecular weight excluding hydrogens is 303 g/mol. The quantitative estimate of drug-likeness (QED) is 0.813. The highest BCUT2D eigenvalue weighted by Crippen LogP contribution is 2.39. The lowest BCUT2D eigenvalue weighted by molar-refractivity contribution is -0.140. The third kappa shape index (κ3) is 3.23. The number of hydrogen-bond donors (Lipinski definition) is 0. The SMILES string of the molecule is O=C([C@@H]1C[C@@H](F)CN1Cc1noc(C2CC2)n1)N1CCOCC1. The van der Waals surface area contributed by atoms with E-state index in [1.165, 1.54) is 0 Å². The number of alkyl halides is 1. The molecule has 2 aliphatic heterocycles. The molecule has 0 spiro atoms. The molecule has 8 heteroatoms. The molecule has 23 heavy (non-hydrogen) atoms. The van der Waals surface area contributed by atoms with Crippen LogP contribution in [-0.4, -0.2) is 70.9 Å². The van der Waals surface area contributed by atoms with Crippen molar-refractivity contribution in [1.82, 2.24) is 19.9 Å². The first-order chi connectivity index (χ1) is 11.2. The highest BCUT2D eigenvalue weighted by molar-refractivity contribution is 5.82. The first kappa shape index (κ1) is 15.0. The molecule has 3 aliphatic rings. The predicted molar refractivity (Wildman–Crippen MR) is 77.4 cm³/mol. The molecule has 1 aromatic heterocycles. The van der Waals surface area contributed by atoms with E-state index in [9.17, 15) is 9.18 Å². The van der Waals surface area contributed by atoms with Gasteiger partial charge in [0.1, 0.15) is 6.17 Å². The van der Waals surface area contributed by atoms with Crippen LogP contribution >= 0.6 is 0 Å². The minimum atomic E-state index is -0.986. The number of morpholine rings is 1. The first-order valence-electron chi connectivity index (χ1n) is 8.28. The molecule has 1 aliphatic carbocycles. The molecule has 0 N–H and O–H groups in total. The largest absolute Gasteiger partial charge is 0.378 e. The van der Waals surface area contributed by atoms with Gasteiger partial charge in [0.2, 0.25) is 11.8 Å². The van der Waals surface area contributed by atoms with Gasteiger partial charge >= 0.3 is 0 Å². The summed E-state index contributed by atoms with van der Waals surface area (Å²) in [6, 6.07) is -0.439. The Balaban J connectivity index is 1.43. The van der Waals surface area contributed by atoms with E-state index in [0.717, 1.165) is 12.8 Å². The molecular formula is C15H21FN4O3. The van der Waals surface area contributed by atoms with Crippen LogP contribution in [0.2, 0.25) is 0 Å². The van der Waals surface area contributed by atoms with Crippen molar-refractivity contribution in [3.8, 4) is 0 Å². The molecule has 3 heterocycles. The van der Waals surface area contributed by atoms with E-state index >= 15 is 0 Å². The van der Waals surface area contributed by atoms with E-state index in [1.54, 1.807) is 4.90 Å². The number of aromatic nitrogens is 2. The van der Waals surface area contributed by atoms with Crippen molar-refractivity contribution in [2.24, 2.45) is 0 Å². The van der Waals surface area contributed by atoms with Crippen molar-refractivity contribution in [3.63, 3.8) is 0 Å². The molecule has 2 saturated heterocycles. The fourth-order valence-corrected chi connectivity index (χ4v) is 3.28. The van der Waals surface area contributed by atoms with E-state index in [0.29, 0.717) is 50.5 Å². The van der Waals surface area contributed by atoms with Crippen molar-refractivity contribution in [3.05, 3.63) is 11.7 Å². The average molecular weight is 324 g/mol. The summed E-state index contributed by atoms with van der Waals surface area (Å²) in [6.45, 7) is 2.86. The molecule has 0 aromatic carbocycles. The molecule has 1 amide bonds. The Morgan fingerprint density at radius 3 is 2.83 bits per heavy atom. The lowest BCUT2D eigenvalue weighted by atomic mass is 10.1. The van der Waals surface area contributed by atoms with Gasteiger partial charge in [-0.2, -0.15) is 4.98 Å². The number of halogens is 1.